The highest BCUT2D eigenvalue weighted by Crippen LogP contribution is 2.30. The van der Waals surface area contributed by atoms with E-state index in [-0.39, 0.29) is 24.6 Å². The Labute approximate surface area is 182 Å². The summed E-state index contributed by atoms with van der Waals surface area (Å²) in [6.07, 6.45) is 3.30. The van der Waals surface area contributed by atoms with Crippen LogP contribution in [0.25, 0.3) is 5.57 Å². The number of carboxylic acid groups (broad SMARTS) is 1. The second-order valence-electron chi connectivity index (χ2n) is 8.32. The lowest BCUT2D eigenvalue weighted by atomic mass is 9.92. The molecule has 1 aromatic carbocycles. The second-order valence-corrected chi connectivity index (χ2v) is 10.2. The maximum Gasteiger partial charge on any atom is 0.407 e. The van der Waals surface area contributed by atoms with Crippen molar-refractivity contribution in [3.63, 3.8) is 0 Å². The van der Waals surface area contributed by atoms with Gasteiger partial charge in [-0.25, -0.2) is 9.18 Å². The zero-order valence-electron chi connectivity index (χ0n) is 18.0. The Bertz CT molecular complexity index is 937. The van der Waals surface area contributed by atoms with Gasteiger partial charge >= 0.3 is 6.09 Å². The summed E-state index contributed by atoms with van der Waals surface area (Å²) < 4.78 is 47.8. The summed E-state index contributed by atoms with van der Waals surface area (Å²) in [7, 11) is -0.859. The quantitative estimate of drug-likeness (QED) is 0.659. The second kappa shape index (κ2) is 9.64. The van der Waals surface area contributed by atoms with Crippen LogP contribution >= 0.6 is 0 Å². The molecule has 0 saturated carbocycles. The fourth-order valence-electron chi connectivity index (χ4n) is 4.26. The van der Waals surface area contributed by atoms with Gasteiger partial charge in [0.05, 0.1) is 18.8 Å². The monoisotopic (exact) mass is 455 g/mol. The number of hydrogen-bond donors (Lipinski definition) is 2. The van der Waals surface area contributed by atoms with Crippen LogP contribution in [0, 0.1) is 5.82 Å². The number of carbonyl (C=O) groups is 1. The number of hydrogen-bond acceptors (Lipinski definition) is 4. The molecular formula is C21H30FN3O5S. The summed E-state index contributed by atoms with van der Waals surface area (Å²) in [5.41, 5.74) is 1.93. The van der Waals surface area contributed by atoms with Crippen LogP contribution in [0.2, 0.25) is 0 Å². The van der Waals surface area contributed by atoms with Crippen molar-refractivity contribution in [1.29, 1.82) is 0 Å². The molecule has 4 atom stereocenters. The predicted octanol–water partition coefficient (Wildman–Crippen LogP) is 2.68. The first-order chi connectivity index (χ1) is 14.6. The molecule has 2 N–H and O–H groups in total. The van der Waals surface area contributed by atoms with E-state index in [4.69, 9.17) is 4.74 Å². The van der Waals surface area contributed by atoms with Crippen LogP contribution in [0.5, 0.6) is 0 Å². The Morgan fingerprint density at radius 2 is 2.13 bits per heavy atom. The molecule has 0 bridgehead atoms. The number of nitrogens with one attached hydrogen (secondary N) is 1. The molecule has 1 aliphatic carbocycles. The van der Waals surface area contributed by atoms with Crippen LogP contribution in [0.1, 0.15) is 38.2 Å². The molecule has 1 heterocycles. The number of ether oxygens (including phenoxy) is 1. The minimum atomic E-state index is -3.70. The summed E-state index contributed by atoms with van der Waals surface area (Å²) in [6.45, 7) is 1.87. The molecule has 172 valence electrons. The largest absolute Gasteiger partial charge is 0.465 e. The van der Waals surface area contributed by atoms with Crippen molar-refractivity contribution in [2.45, 2.75) is 56.8 Å². The van der Waals surface area contributed by atoms with Crippen LogP contribution < -0.4 is 4.72 Å². The fourth-order valence-corrected chi connectivity index (χ4v) is 5.10. The molecule has 31 heavy (non-hydrogen) atoms. The summed E-state index contributed by atoms with van der Waals surface area (Å²) >= 11 is 0. The van der Waals surface area contributed by atoms with Crippen molar-refractivity contribution < 1.29 is 27.4 Å². The first kappa shape index (κ1) is 23.6. The van der Waals surface area contributed by atoms with Gasteiger partial charge < -0.3 is 9.84 Å². The van der Waals surface area contributed by atoms with Crippen LogP contribution in [0.15, 0.2) is 30.3 Å². The third kappa shape index (κ3) is 5.62. The van der Waals surface area contributed by atoms with Gasteiger partial charge in [-0.2, -0.15) is 17.4 Å². The number of amides is 1. The van der Waals surface area contributed by atoms with E-state index in [9.17, 15) is 22.7 Å². The highest BCUT2D eigenvalue weighted by atomic mass is 32.2. The van der Waals surface area contributed by atoms with Crippen LogP contribution in [0.4, 0.5) is 9.18 Å². The van der Waals surface area contributed by atoms with E-state index in [0.29, 0.717) is 12.8 Å². The van der Waals surface area contributed by atoms with E-state index >= 15 is 0 Å². The van der Waals surface area contributed by atoms with Gasteiger partial charge in [0.15, 0.2) is 0 Å². The number of likely N-dealkylation sites (tertiary alicyclic amines) is 1. The van der Waals surface area contributed by atoms with E-state index < -0.39 is 28.4 Å². The molecule has 1 aliphatic heterocycles. The molecule has 3 rings (SSSR count). The zero-order chi connectivity index (χ0) is 22.8. The molecule has 2 aliphatic rings. The highest BCUT2D eigenvalue weighted by molar-refractivity contribution is 7.87. The van der Waals surface area contributed by atoms with Crippen molar-refractivity contribution in [2.75, 3.05) is 20.7 Å². The Morgan fingerprint density at radius 1 is 1.39 bits per heavy atom. The SMILES string of the molecule is C[C@@H]1C[C@H](NS(=O)(=O)N(C)C)[C@H](COC2CC=C(c3cccc(F)c3)CC2)N1C(=O)O. The normalized spacial score (nSPS) is 26.9. The lowest BCUT2D eigenvalue weighted by Crippen LogP contribution is -2.52. The van der Waals surface area contributed by atoms with Crippen molar-refractivity contribution in [3.8, 4) is 0 Å². The summed E-state index contributed by atoms with van der Waals surface area (Å²) in [5.74, 6) is -0.271. The first-order valence-electron chi connectivity index (χ1n) is 10.4. The topological polar surface area (TPSA) is 99.2 Å². The molecule has 8 nitrogen and oxygen atoms in total. The predicted molar refractivity (Wildman–Crippen MR) is 115 cm³/mol. The standard InChI is InChI=1S/C21H30FN3O5S/c1-14-11-19(23-31(28,29)24(2)3)20(25(14)21(26)27)13-30-18-9-7-15(8-10-18)16-5-4-6-17(22)12-16/h4-7,12,14,18-20,23H,8-11,13H2,1-3H3,(H,26,27)/t14-,18?,19+,20+/m1/s1. The van der Waals surface area contributed by atoms with Gasteiger partial charge in [-0.05, 0) is 55.9 Å². The third-order valence-corrected chi connectivity index (χ3v) is 7.52. The van der Waals surface area contributed by atoms with Gasteiger partial charge in [-0.3, -0.25) is 4.90 Å². The van der Waals surface area contributed by atoms with Crippen molar-refractivity contribution in [2.24, 2.45) is 0 Å². The maximum absolute atomic E-state index is 13.5. The molecule has 10 heteroatoms. The number of nitrogens with zero attached hydrogens (tertiary/aromatic N) is 2. The highest BCUT2D eigenvalue weighted by Gasteiger charge is 2.44. The molecule has 1 amide bonds. The van der Waals surface area contributed by atoms with Gasteiger partial charge in [0.2, 0.25) is 0 Å². The maximum atomic E-state index is 13.5. The average molecular weight is 456 g/mol. The molecule has 1 unspecified atom stereocenters. The lowest BCUT2D eigenvalue weighted by molar-refractivity contribution is 0.00890. The molecule has 1 aromatic rings. The lowest BCUT2D eigenvalue weighted by Gasteiger charge is -2.31. The van der Waals surface area contributed by atoms with E-state index in [1.807, 2.05) is 12.1 Å². The van der Waals surface area contributed by atoms with Crippen molar-refractivity contribution >= 4 is 21.9 Å². The third-order valence-electron chi connectivity index (χ3n) is 5.95. The van der Waals surface area contributed by atoms with Gasteiger partial charge in [-0.15, -0.1) is 0 Å². The Hall–Kier alpha value is -2.01. The van der Waals surface area contributed by atoms with Crippen molar-refractivity contribution in [3.05, 3.63) is 41.7 Å². The molecule has 0 radical (unpaired) electrons. The van der Waals surface area contributed by atoms with E-state index in [0.717, 1.165) is 28.3 Å². The average Bonchev–Trinajstić information content (AvgIpc) is 3.01. The van der Waals surface area contributed by atoms with E-state index in [1.54, 1.807) is 13.0 Å². The Kier molecular flexibility index (Phi) is 7.35. The number of benzene rings is 1. The molecular weight excluding hydrogens is 425 g/mol. The molecule has 1 saturated heterocycles. The smallest absolute Gasteiger partial charge is 0.407 e. The summed E-state index contributed by atoms with van der Waals surface area (Å²) in [6, 6.07) is 4.98. The van der Waals surface area contributed by atoms with Crippen LogP contribution in [-0.4, -0.2) is 73.8 Å². The van der Waals surface area contributed by atoms with Gasteiger partial charge in [0.25, 0.3) is 10.2 Å². The number of rotatable bonds is 7. The van der Waals surface area contributed by atoms with Crippen molar-refractivity contribution in [1.82, 2.24) is 13.9 Å². The number of allylic oxidation sites excluding steroid dienone is 1. The summed E-state index contributed by atoms with van der Waals surface area (Å²) in [4.78, 5) is 13.1. The Balaban J connectivity index is 1.65. The molecule has 0 aromatic heterocycles. The zero-order valence-corrected chi connectivity index (χ0v) is 18.8. The van der Waals surface area contributed by atoms with Gasteiger partial charge in [0.1, 0.15) is 5.82 Å². The minimum Gasteiger partial charge on any atom is -0.465 e. The number of halogens is 1. The van der Waals surface area contributed by atoms with Crippen LogP contribution in [0.3, 0.4) is 0 Å². The van der Waals surface area contributed by atoms with Gasteiger partial charge in [-0.1, -0.05) is 18.2 Å². The van der Waals surface area contributed by atoms with E-state index in [1.165, 1.54) is 31.1 Å². The Morgan fingerprint density at radius 3 is 2.71 bits per heavy atom. The fraction of sp³-hybridized carbons (Fsp3) is 0.571. The van der Waals surface area contributed by atoms with Gasteiger partial charge in [0, 0.05) is 26.2 Å². The summed E-state index contributed by atoms with van der Waals surface area (Å²) in [5, 5.41) is 9.64. The minimum absolute atomic E-state index is 0.102. The van der Waals surface area contributed by atoms with Crippen LogP contribution in [-0.2, 0) is 14.9 Å². The van der Waals surface area contributed by atoms with E-state index in [2.05, 4.69) is 4.72 Å². The molecule has 1 fully saturated rings. The molecule has 0 spiro atoms. The first-order valence-corrected chi connectivity index (χ1v) is 11.8.